The first-order valence-electron chi connectivity index (χ1n) is 6.60. The van der Waals surface area contributed by atoms with E-state index >= 15 is 0 Å². The van der Waals surface area contributed by atoms with Crippen molar-refractivity contribution in [1.29, 1.82) is 0 Å². The summed E-state index contributed by atoms with van der Waals surface area (Å²) >= 11 is 3.15. The van der Waals surface area contributed by atoms with Crippen LogP contribution >= 0.6 is 15.9 Å². The molecular formula is C13H21BrN2O5. The standard InChI is InChI=1S/C13H21BrN2O5/c1-5-19-10(11-15-6-9(14)20-11)8(7-17)16-12(18)21-13(2,3)4/h6,8,10,17H,5,7H2,1-4H3,(H,16,18)/t8-,10?/m1/s1. The van der Waals surface area contributed by atoms with Crippen molar-refractivity contribution in [2.75, 3.05) is 13.2 Å². The minimum Gasteiger partial charge on any atom is -0.444 e. The Bertz CT molecular complexity index is 458. The molecule has 0 saturated heterocycles. The molecule has 0 aliphatic carbocycles. The maximum Gasteiger partial charge on any atom is 0.408 e. The first-order valence-corrected chi connectivity index (χ1v) is 7.39. The van der Waals surface area contributed by atoms with Crippen molar-refractivity contribution in [3.8, 4) is 0 Å². The molecule has 1 rings (SSSR count). The molecule has 1 amide bonds. The Morgan fingerprint density at radius 3 is 2.67 bits per heavy atom. The Morgan fingerprint density at radius 1 is 1.57 bits per heavy atom. The van der Waals surface area contributed by atoms with E-state index < -0.39 is 23.8 Å². The van der Waals surface area contributed by atoms with Crippen molar-refractivity contribution in [3.05, 3.63) is 16.8 Å². The Balaban J connectivity index is 2.80. The van der Waals surface area contributed by atoms with Crippen LogP contribution in [0.15, 0.2) is 15.3 Å². The second-order valence-electron chi connectivity index (χ2n) is 5.31. The zero-order valence-corrected chi connectivity index (χ0v) is 14.1. The van der Waals surface area contributed by atoms with Gasteiger partial charge in [-0.15, -0.1) is 0 Å². The average molecular weight is 365 g/mol. The van der Waals surface area contributed by atoms with Gasteiger partial charge in [0, 0.05) is 6.61 Å². The Kier molecular flexibility index (Phi) is 6.63. The van der Waals surface area contributed by atoms with Crippen molar-refractivity contribution in [3.63, 3.8) is 0 Å². The lowest BCUT2D eigenvalue weighted by molar-refractivity contribution is -0.00815. The number of oxazole rings is 1. The van der Waals surface area contributed by atoms with E-state index in [4.69, 9.17) is 13.9 Å². The molecule has 0 aliphatic rings. The van der Waals surface area contributed by atoms with E-state index in [2.05, 4.69) is 26.2 Å². The SMILES string of the molecule is CCOC(c1ncc(Br)o1)[C@@H](CO)NC(=O)OC(C)(C)C. The summed E-state index contributed by atoms with van der Waals surface area (Å²) < 4.78 is 16.5. The molecule has 0 radical (unpaired) electrons. The largest absolute Gasteiger partial charge is 0.444 e. The molecule has 1 aromatic heterocycles. The third-order valence-corrected chi connectivity index (χ3v) is 2.72. The van der Waals surface area contributed by atoms with Gasteiger partial charge in [0.15, 0.2) is 10.8 Å². The molecule has 21 heavy (non-hydrogen) atoms. The number of carbonyl (C=O) groups excluding carboxylic acids is 1. The van der Waals surface area contributed by atoms with Crippen LogP contribution in [-0.4, -0.2) is 41.0 Å². The zero-order chi connectivity index (χ0) is 16.0. The summed E-state index contributed by atoms with van der Waals surface area (Å²) in [5.41, 5.74) is -0.628. The minimum absolute atomic E-state index is 0.263. The number of rotatable bonds is 6. The fraction of sp³-hybridized carbons (Fsp3) is 0.692. The van der Waals surface area contributed by atoms with Crippen molar-refractivity contribution < 1.29 is 23.8 Å². The number of aliphatic hydroxyl groups excluding tert-OH is 1. The highest BCUT2D eigenvalue weighted by Gasteiger charge is 2.30. The fourth-order valence-electron chi connectivity index (χ4n) is 1.61. The lowest BCUT2D eigenvalue weighted by Crippen LogP contribution is -2.45. The monoisotopic (exact) mass is 364 g/mol. The highest BCUT2D eigenvalue weighted by atomic mass is 79.9. The summed E-state index contributed by atoms with van der Waals surface area (Å²) in [4.78, 5) is 15.9. The van der Waals surface area contributed by atoms with Crippen LogP contribution in [0.25, 0.3) is 0 Å². The van der Waals surface area contributed by atoms with Crippen LogP contribution in [0.1, 0.15) is 39.7 Å². The molecule has 7 nitrogen and oxygen atoms in total. The van der Waals surface area contributed by atoms with Crippen LogP contribution < -0.4 is 5.32 Å². The van der Waals surface area contributed by atoms with Crippen molar-refractivity contribution in [1.82, 2.24) is 10.3 Å². The van der Waals surface area contributed by atoms with Crippen LogP contribution in [0.5, 0.6) is 0 Å². The van der Waals surface area contributed by atoms with Crippen LogP contribution in [0.3, 0.4) is 0 Å². The van der Waals surface area contributed by atoms with Gasteiger partial charge in [0.1, 0.15) is 5.60 Å². The molecule has 8 heteroatoms. The van der Waals surface area contributed by atoms with Crippen LogP contribution in [0, 0.1) is 0 Å². The Labute approximate surface area is 132 Å². The molecule has 0 saturated carbocycles. The van der Waals surface area contributed by atoms with Crippen molar-refractivity contribution in [2.24, 2.45) is 0 Å². The minimum atomic E-state index is -0.731. The molecule has 1 unspecified atom stereocenters. The average Bonchev–Trinajstić information content (AvgIpc) is 2.77. The van der Waals surface area contributed by atoms with Gasteiger partial charge in [0.05, 0.1) is 18.8 Å². The summed E-state index contributed by atoms with van der Waals surface area (Å²) in [6.45, 7) is 7.09. The molecule has 1 heterocycles. The smallest absolute Gasteiger partial charge is 0.408 e. The number of nitrogens with zero attached hydrogens (tertiary/aromatic N) is 1. The van der Waals surface area contributed by atoms with Gasteiger partial charge in [-0.2, -0.15) is 0 Å². The second-order valence-corrected chi connectivity index (χ2v) is 6.10. The quantitative estimate of drug-likeness (QED) is 0.804. The molecule has 2 N–H and O–H groups in total. The highest BCUT2D eigenvalue weighted by molar-refractivity contribution is 9.10. The van der Waals surface area contributed by atoms with Gasteiger partial charge in [0.2, 0.25) is 5.89 Å². The van der Waals surface area contributed by atoms with E-state index in [1.165, 1.54) is 6.20 Å². The zero-order valence-electron chi connectivity index (χ0n) is 12.6. The molecule has 1 aromatic rings. The van der Waals surface area contributed by atoms with Gasteiger partial charge in [-0.05, 0) is 43.6 Å². The third-order valence-electron chi connectivity index (χ3n) is 2.35. The molecule has 0 aromatic carbocycles. The lowest BCUT2D eigenvalue weighted by Gasteiger charge is -2.26. The number of alkyl carbamates (subject to hydrolysis) is 1. The molecule has 0 fully saturated rings. The third kappa shape index (κ3) is 6.03. The lowest BCUT2D eigenvalue weighted by atomic mass is 10.1. The normalized spacial score (nSPS) is 14.6. The van der Waals surface area contributed by atoms with Gasteiger partial charge in [0.25, 0.3) is 0 Å². The number of ether oxygens (including phenoxy) is 2. The summed E-state index contributed by atoms with van der Waals surface area (Å²) in [5, 5.41) is 12.1. The van der Waals surface area contributed by atoms with Crippen molar-refractivity contribution in [2.45, 2.75) is 45.4 Å². The predicted octanol–water partition coefficient (Wildman–Crippen LogP) is 2.40. The first kappa shape index (κ1) is 17.9. The molecule has 0 bridgehead atoms. The second kappa shape index (κ2) is 7.77. The molecule has 120 valence electrons. The van der Waals surface area contributed by atoms with Crippen LogP contribution in [0.4, 0.5) is 4.79 Å². The number of hydrogen-bond donors (Lipinski definition) is 2. The van der Waals surface area contributed by atoms with E-state index in [1.807, 2.05) is 0 Å². The predicted molar refractivity (Wildman–Crippen MR) is 78.8 cm³/mol. The number of aromatic nitrogens is 1. The molecule has 0 spiro atoms. The number of carbonyl (C=O) groups is 1. The van der Waals surface area contributed by atoms with Gasteiger partial charge in [-0.1, -0.05) is 0 Å². The number of nitrogens with one attached hydrogen (secondary N) is 1. The van der Waals surface area contributed by atoms with E-state index in [-0.39, 0.29) is 12.5 Å². The van der Waals surface area contributed by atoms with Gasteiger partial charge < -0.3 is 24.3 Å². The van der Waals surface area contributed by atoms with Gasteiger partial charge in [-0.25, -0.2) is 9.78 Å². The van der Waals surface area contributed by atoms with Crippen LogP contribution in [0.2, 0.25) is 0 Å². The molecule has 0 aliphatic heterocycles. The number of aliphatic hydroxyl groups is 1. The van der Waals surface area contributed by atoms with Gasteiger partial charge >= 0.3 is 6.09 Å². The molecule has 2 atom stereocenters. The number of halogens is 1. The summed E-state index contributed by atoms with van der Waals surface area (Å²) in [7, 11) is 0. The van der Waals surface area contributed by atoms with E-state index in [9.17, 15) is 9.90 Å². The summed E-state index contributed by atoms with van der Waals surface area (Å²) in [5.74, 6) is 0.263. The Hall–Kier alpha value is -1.12. The number of amides is 1. The summed E-state index contributed by atoms with van der Waals surface area (Å²) in [6.07, 6.45) is 0.124. The van der Waals surface area contributed by atoms with Crippen molar-refractivity contribution >= 4 is 22.0 Å². The fourth-order valence-corrected chi connectivity index (χ4v) is 1.88. The summed E-state index contributed by atoms with van der Waals surface area (Å²) in [6, 6.07) is -0.731. The van der Waals surface area contributed by atoms with Gasteiger partial charge in [-0.3, -0.25) is 0 Å². The molecular weight excluding hydrogens is 344 g/mol. The number of hydrogen-bond acceptors (Lipinski definition) is 6. The van der Waals surface area contributed by atoms with Crippen LogP contribution in [-0.2, 0) is 9.47 Å². The van der Waals surface area contributed by atoms with E-state index in [0.717, 1.165) is 0 Å². The highest BCUT2D eigenvalue weighted by Crippen LogP contribution is 2.23. The maximum absolute atomic E-state index is 11.8. The van der Waals surface area contributed by atoms with E-state index in [0.29, 0.717) is 11.3 Å². The van der Waals surface area contributed by atoms with E-state index in [1.54, 1.807) is 27.7 Å². The maximum atomic E-state index is 11.8. The topological polar surface area (TPSA) is 93.8 Å². The first-order chi connectivity index (χ1) is 9.76. The Morgan fingerprint density at radius 2 is 2.24 bits per heavy atom.